The summed E-state index contributed by atoms with van der Waals surface area (Å²) in [5, 5.41) is 1.20. The molecular formula is C14H12Cl2O5P+. The van der Waals surface area contributed by atoms with Crippen LogP contribution in [0.1, 0.15) is 0 Å². The molecule has 8 heteroatoms. The third-order valence-corrected chi connectivity index (χ3v) is 3.53. The highest BCUT2D eigenvalue weighted by atomic mass is 35.5. The molecule has 116 valence electrons. The lowest BCUT2D eigenvalue weighted by atomic mass is 10.3. The van der Waals surface area contributed by atoms with Crippen LogP contribution in [0.25, 0.3) is 0 Å². The zero-order chi connectivity index (χ0) is 15.8. The summed E-state index contributed by atoms with van der Waals surface area (Å²) in [6, 6.07) is 13.4. The van der Waals surface area contributed by atoms with Crippen molar-refractivity contribution in [1.82, 2.24) is 0 Å². The van der Waals surface area contributed by atoms with E-state index in [1.54, 1.807) is 48.5 Å². The molecular weight excluding hydrogens is 350 g/mol. The van der Waals surface area contributed by atoms with E-state index in [-0.39, 0.29) is 13.6 Å². The number of hydrogen-bond acceptors (Lipinski definition) is 5. The second-order valence-electron chi connectivity index (χ2n) is 3.91. The summed E-state index contributed by atoms with van der Waals surface area (Å²) in [6.07, 6.45) is 0. The van der Waals surface area contributed by atoms with Gasteiger partial charge >= 0.3 is 8.25 Å². The lowest BCUT2D eigenvalue weighted by molar-refractivity contribution is 0.0697. The predicted molar refractivity (Wildman–Crippen MR) is 83.7 cm³/mol. The Hall–Kier alpha value is -1.36. The molecule has 0 saturated carbocycles. The molecule has 0 aliphatic rings. The fourth-order valence-electron chi connectivity index (χ4n) is 1.37. The van der Waals surface area contributed by atoms with E-state index in [1.807, 2.05) is 0 Å². The van der Waals surface area contributed by atoms with Crippen LogP contribution in [-0.4, -0.2) is 13.6 Å². The molecule has 2 aromatic carbocycles. The summed E-state index contributed by atoms with van der Waals surface area (Å²) in [5.41, 5.74) is 0. The molecule has 0 N–H and O–H groups in total. The first-order valence-corrected chi connectivity index (χ1v) is 7.98. The van der Waals surface area contributed by atoms with Gasteiger partial charge in [-0.1, -0.05) is 32.2 Å². The fraction of sp³-hybridized carbons (Fsp3) is 0.143. The molecule has 0 fully saturated rings. The Morgan fingerprint density at radius 2 is 1.09 bits per heavy atom. The minimum atomic E-state index is -2.34. The Bertz CT molecular complexity index is 550. The molecule has 0 aliphatic heterocycles. The van der Waals surface area contributed by atoms with Crippen LogP contribution in [0.2, 0.25) is 10.0 Å². The molecule has 0 heterocycles. The van der Waals surface area contributed by atoms with Crippen molar-refractivity contribution < 1.29 is 23.1 Å². The Morgan fingerprint density at radius 3 is 1.45 bits per heavy atom. The predicted octanol–water partition coefficient (Wildman–Crippen LogP) is 5.06. The van der Waals surface area contributed by atoms with E-state index in [9.17, 15) is 4.57 Å². The highest BCUT2D eigenvalue weighted by Crippen LogP contribution is 2.25. The van der Waals surface area contributed by atoms with E-state index in [0.29, 0.717) is 21.5 Å². The van der Waals surface area contributed by atoms with Crippen LogP contribution in [-0.2, 0) is 13.6 Å². The molecule has 0 aromatic heterocycles. The summed E-state index contributed by atoms with van der Waals surface area (Å²) < 4.78 is 31.6. The average Bonchev–Trinajstić information content (AvgIpc) is 2.51. The van der Waals surface area contributed by atoms with Gasteiger partial charge in [-0.25, -0.2) is 0 Å². The van der Waals surface area contributed by atoms with Gasteiger partial charge in [-0.3, -0.25) is 0 Å². The highest BCUT2D eigenvalue weighted by Gasteiger charge is 2.21. The lowest BCUT2D eigenvalue weighted by Crippen LogP contribution is -2.01. The summed E-state index contributed by atoms with van der Waals surface area (Å²) >= 11 is 11.5. The number of hydrogen-bond donors (Lipinski definition) is 0. The Morgan fingerprint density at radius 1 is 0.727 bits per heavy atom. The van der Waals surface area contributed by atoms with Gasteiger partial charge in [-0.05, 0) is 48.5 Å². The normalized spacial score (nSPS) is 10.3. The van der Waals surface area contributed by atoms with Gasteiger partial charge in [0.15, 0.2) is 0 Å². The first-order chi connectivity index (χ1) is 10.6. The van der Waals surface area contributed by atoms with Gasteiger partial charge in [0, 0.05) is 14.6 Å². The molecule has 0 saturated heterocycles. The quantitative estimate of drug-likeness (QED) is 0.486. The van der Waals surface area contributed by atoms with Crippen molar-refractivity contribution in [3.8, 4) is 11.5 Å². The van der Waals surface area contributed by atoms with Crippen molar-refractivity contribution in [1.29, 1.82) is 0 Å². The van der Waals surface area contributed by atoms with E-state index in [0.717, 1.165) is 0 Å². The van der Waals surface area contributed by atoms with Crippen molar-refractivity contribution in [2.75, 3.05) is 13.6 Å². The Kier molecular flexibility index (Phi) is 6.90. The second kappa shape index (κ2) is 8.93. The van der Waals surface area contributed by atoms with Gasteiger partial charge in [-0.2, -0.15) is 0 Å². The Labute approximate surface area is 138 Å². The molecule has 0 amide bonds. The topological polar surface area (TPSA) is 54.0 Å². The molecule has 0 atom stereocenters. The summed E-state index contributed by atoms with van der Waals surface area (Å²) in [5.74, 6) is 1.09. The van der Waals surface area contributed by atoms with E-state index in [1.165, 1.54) is 0 Å². The molecule has 0 bridgehead atoms. The monoisotopic (exact) mass is 361 g/mol. The first kappa shape index (κ1) is 17.0. The van der Waals surface area contributed by atoms with Crippen LogP contribution in [0.4, 0.5) is 0 Å². The molecule has 0 spiro atoms. The minimum Gasteiger partial charge on any atom is -0.463 e. The van der Waals surface area contributed by atoms with E-state index in [4.69, 9.17) is 41.7 Å². The number of ether oxygens (including phenoxy) is 2. The van der Waals surface area contributed by atoms with E-state index >= 15 is 0 Å². The SMILES string of the molecule is O=[P+](OCOc1ccc(Cl)cc1)OCOc1ccc(Cl)cc1. The van der Waals surface area contributed by atoms with Gasteiger partial charge in [-0.15, -0.1) is 0 Å². The first-order valence-electron chi connectivity index (χ1n) is 6.13. The van der Waals surface area contributed by atoms with Crippen molar-refractivity contribution in [2.45, 2.75) is 0 Å². The maximum atomic E-state index is 11.4. The molecule has 2 aromatic rings. The standard InChI is InChI=1S/C14H12Cl2O5P/c15-11-1-5-13(6-2-11)18-9-20-22(17)21-10-19-14-7-3-12(16)4-8-14/h1-8H,9-10H2/q+1. The fourth-order valence-corrected chi connectivity index (χ4v) is 1.98. The number of halogens is 2. The second-order valence-corrected chi connectivity index (χ2v) is 5.75. The van der Waals surface area contributed by atoms with E-state index in [2.05, 4.69) is 0 Å². The zero-order valence-electron chi connectivity index (χ0n) is 11.3. The van der Waals surface area contributed by atoms with Crippen molar-refractivity contribution in [3.05, 3.63) is 58.6 Å². The van der Waals surface area contributed by atoms with Gasteiger partial charge in [0.05, 0.1) is 0 Å². The summed E-state index contributed by atoms with van der Waals surface area (Å²) in [6.45, 7) is -0.421. The highest BCUT2D eigenvalue weighted by molar-refractivity contribution is 7.33. The van der Waals surface area contributed by atoms with Crippen molar-refractivity contribution >= 4 is 31.5 Å². The largest absolute Gasteiger partial charge is 0.704 e. The minimum absolute atomic E-state index is 0.211. The molecule has 5 nitrogen and oxygen atoms in total. The van der Waals surface area contributed by atoms with Crippen LogP contribution < -0.4 is 9.47 Å². The third kappa shape index (κ3) is 6.18. The molecule has 0 aliphatic carbocycles. The van der Waals surface area contributed by atoms with E-state index < -0.39 is 8.25 Å². The summed E-state index contributed by atoms with van der Waals surface area (Å²) in [7, 11) is -2.34. The average molecular weight is 362 g/mol. The maximum Gasteiger partial charge on any atom is 0.704 e. The van der Waals surface area contributed by atoms with Crippen LogP contribution in [0.15, 0.2) is 48.5 Å². The summed E-state index contributed by atoms with van der Waals surface area (Å²) in [4.78, 5) is 0. The maximum absolute atomic E-state index is 11.4. The van der Waals surface area contributed by atoms with Gasteiger partial charge in [0.1, 0.15) is 11.5 Å². The van der Waals surface area contributed by atoms with Crippen molar-refractivity contribution in [3.63, 3.8) is 0 Å². The van der Waals surface area contributed by atoms with Crippen LogP contribution in [0.3, 0.4) is 0 Å². The van der Waals surface area contributed by atoms with Gasteiger partial charge in [0.2, 0.25) is 13.6 Å². The number of benzene rings is 2. The lowest BCUT2D eigenvalue weighted by Gasteiger charge is -2.02. The van der Waals surface area contributed by atoms with Crippen LogP contribution in [0, 0.1) is 0 Å². The molecule has 2 rings (SSSR count). The van der Waals surface area contributed by atoms with Crippen LogP contribution in [0.5, 0.6) is 11.5 Å². The molecule has 22 heavy (non-hydrogen) atoms. The third-order valence-electron chi connectivity index (χ3n) is 2.39. The molecule has 0 unspecified atom stereocenters. The van der Waals surface area contributed by atoms with Gasteiger partial charge < -0.3 is 9.47 Å². The van der Waals surface area contributed by atoms with Crippen molar-refractivity contribution in [2.24, 2.45) is 0 Å². The smallest absolute Gasteiger partial charge is 0.463 e. The van der Waals surface area contributed by atoms with Crippen LogP contribution >= 0.6 is 31.5 Å². The Balaban J connectivity index is 1.61. The number of rotatable bonds is 8. The molecule has 0 radical (unpaired) electrons. The zero-order valence-corrected chi connectivity index (χ0v) is 13.7. The van der Waals surface area contributed by atoms with Gasteiger partial charge in [0.25, 0.3) is 0 Å².